The van der Waals surface area contributed by atoms with Gasteiger partial charge in [-0.25, -0.2) is 4.39 Å². The summed E-state index contributed by atoms with van der Waals surface area (Å²) in [5.41, 5.74) is 5.67. The Hall–Kier alpha value is -1.95. The Morgan fingerprint density at radius 2 is 1.68 bits per heavy atom. The Morgan fingerprint density at radius 3 is 2.27 bits per heavy atom. The quantitative estimate of drug-likeness (QED) is 0.886. The molecular weight excluding hydrogens is 285 g/mol. The van der Waals surface area contributed by atoms with Gasteiger partial charge in [-0.2, -0.15) is 0 Å². The number of rotatable bonds is 3. The van der Waals surface area contributed by atoms with E-state index in [0.717, 1.165) is 12.8 Å². The summed E-state index contributed by atoms with van der Waals surface area (Å²) in [4.78, 5) is 27.8. The van der Waals surface area contributed by atoms with Gasteiger partial charge in [0.15, 0.2) is 0 Å². The van der Waals surface area contributed by atoms with Crippen LogP contribution in [0.25, 0.3) is 0 Å². The van der Waals surface area contributed by atoms with Gasteiger partial charge in [0.1, 0.15) is 5.82 Å². The number of benzene rings is 1. The monoisotopic (exact) mass is 305 g/mol. The zero-order valence-corrected chi connectivity index (χ0v) is 12.4. The van der Waals surface area contributed by atoms with Crippen LogP contribution < -0.4 is 5.73 Å². The molecule has 0 radical (unpaired) electrons. The fraction of sp³-hybridized carbons (Fsp3) is 0.500. The Kier molecular flexibility index (Phi) is 3.87. The van der Waals surface area contributed by atoms with Crippen molar-refractivity contribution in [3.63, 3.8) is 0 Å². The van der Waals surface area contributed by atoms with Crippen molar-refractivity contribution >= 4 is 11.8 Å². The lowest BCUT2D eigenvalue weighted by Crippen LogP contribution is -2.55. The number of nitrogens with zero attached hydrogens (tertiary/aromatic N) is 2. The van der Waals surface area contributed by atoms with Crippen LogP contribution in [-0.2, 0) is 16.0 Å². The molecule has 1 aliphatic carbocycles. The van der Waals surface area contributed by atoms with E-state index in [1.165, 1.54) is 6.07 Å². The lowest BCUT2D eigenvalue weighted by molar-refractivity contribution is -0.140. The van der Waals surface area contributed by atoms with Crippen molar-refractivity contribution in [2.75, 3.05) is 26.2 Å². The summed E-state index contributed by atoms with van der Waals surface area (Å²) in [5.74, 6) is -0.469. The van der Waals surface area contributed by atoms with E-state index in [0.29, 0.717) is 31.7 Å². The molecule has 0 bridgehead atoms. The van der Waals surface area contributed by atoms with Crippen molar-refractivity contribution in [3.05, 3.63) is 35.6 Å². The molecule has 2 fully saturated rings. The van der Waals surface area contributed by atoms with E-state index >= 15 is 0 Å². The van der Waals surface area contributed by atoms with E-state index in [1.807, 2.05) is 0 Å². The Labute approximate surface area is 128 Å². The molecule has 0 aromatic heterocycles. The molecule has 3 rings (SSSR count). The predicted molar refractivity (Wildman–Crippen MR) is 79.4 cm³/mol. The number of amides is 2. The van der Waals surface area contributed by atoms with Gasteiger partial charge in [0, 0.05) is 26.2 Å². The van der Waals surface area contributed by atoms with Crippen LogP contribution in [-0.4, -0.2) is 53.3 Å². The van der Waals surface area contributed by atoms with Gasteiger partial charge >= 0.3 is 0 Å². The van der Waals surface area contributed by atoms with Crippen molar-refractivity contribution < 1.29 is 14.0 Å². The molecule has 1 aromatic rings. The average molecular weight is 305 g/mol. The van der Waals surface area contributed by atoms with Crippen molar-refractivity contribution in [1.82, 2.24) is 9.80 Å². The van der Waals surface area contributed by atoms with Crippen LogP contribution in [0.1, 0.15) is 18.4 Å². The summed E-state index contributed by atoms with van der Waals surface area (Å²) in [5, 5.41) is 0. The molecule has 22 heavy (non-hydrogen) atoms. The predicted octanol–water partition coefficient (Wildman–Crippen LogP) is 0.530. The zero-order valence-electron chi connectivity index (χ0n) is 12.4. The zero-order chi connectivity index (χ0) is 15.7. The van der Waals surface area contributed by atoms with Gasteiger partial charge in [-0.15, -0.1) is 0 Å². The molecule has 2 aliphatic rings. The molecule has 1 aromatic carbocycles. The first-order chi connectivity index (χ1) is 10.5. The highest BCUT2D eigenvalue weighted by Crippen LogP contribution is 2.34. The second-order valence-electron chi connectivity index (χ2n) is 6.10. The third-order valence-electron chi connectivity index (χ3n) is 4.43. The smallest absolute Gasteiger partial charge is 0.242 e. The fourth-order valence-electron chi connectivity index (χ4n) is 2.74. The number of carbonyl (C=O) groups is 2. The van der Waals surface area contributed by atoms with E-state index in [2.05, 4.69) is 0 Å². The molecular formula is C16H20FN3O2. The molecule has 2 amide bonds. The number of nitrogens with two attached hydrogens (primary N) is 1. The first-order valence-corrected chi connectivity index (χ1v) is 7.59. The molecule has 6 heteroatoms. The van der Waals surface area contributed by atoms with E-state index in [9.17, 15) is 14.0 Å². The van der Waals surface area contributed by atoms with Crippen LogP contribution in [0.4, 0.5) is 4.39 Å². The van der Waals surface area contributed by atoms with Crippen LogP contribution >= 0.6 is 0 Å². The normalized spacial score (nSPS) is 19.9. The van der Waals surface area contributed by atoms with E-state index in [1.54, 1.807) is 28.0 Å². The molecule has 5 nitrogen and oxygen atoms in total. The standard InChI is InChI=1S/C16H20FN3O2/c17-13-4-2-1-3-12(13)11-14(21)19-7-9-20(10-8-19)15(22)16(18)5-6-16/h1-4H,5-11,18H2. The average Bonchev–Trinajstić information content (AvgIpc) is 3.28. The van der Waals surface area contributed by atoms with Gasteiger partial charge < -0.3 is 15.5 Å². The first-order valence-electron chi connectivity index (χ1n) is 7.59. The van der Waals surface area contributed by atoms with Crippen molar-refractivity contribution in [1.29, 1.82) is 0 Å². The van der Waals surface area contributed by atoms with E-state index in [-0.39, 0.29) is 24.1 Å². The summed E-state index contributed by atoms with van der Waals surface area (Å²) in [7, 11) is 0. The summed E-state index contributed by atoms with van der Waals surface area (Å²) in [6.07, 6.45) is 1.55. The number of hydrogen-bond acceptors (Lipinski definition) is 3. The lowest BCUT2D eigenvalue weighted by Gasteiger charge is -2.36. The largest absolute Gasteiger partial charge is 0.339 e. The molecule has 1 saturated carbocycles. The second kappa shape index (κ2) is 5.68. The Bertz CT molecular complexity index is 593. The first kappa shape index (κ1) is 15.0. The fourth-order valence-corrected chi connectivity index (χ4v) is 2.74. The van der Waals surface area contributed by atoms with Gasteiger partial charge in [0.25, 0.3) is 0 Å². The van der Waals surface area contributed by atoms with Crippen molar-refractivity contribution in [3.8, 4) is 0 Å². The van der Waals surface area contributed by atoms with E-state index < -0.39 is 5.54 Å². The number of hydrogen-bond donors (Lipinski definition) is 1. The van der Waals surface area contributed by atoms with Crippen LogP contribution in [0.5, 0.6) is 0 Å². The molecule has 0 unspecified atom stereocenters. The second-order valence-corrected chi connectivity index (χ2v) is 6.10. The summed E-state index contributed by atoms with van der Waals surface area (Å²) < 4.78 is 13.6. The molecule has 1 heterocycles. The van der Waals surface area contributed by atoms with Crippen molar-refractivity contribution in [2.24, 2.45) is 5.73 Å². The molecule has 0 atom stereocenters. The minimum atomic E-state index is -0.653. The van der Waals surface area contributed by atoms with Crippen LogP contribution in [0, 0.1) is 5.82 Å². The van der Waals surface area contributed by atoms with Crippen LogP contribution in [0.3, 0.4) is 0 Å². The van der Waals surface area contributed by atoms with Gasteiger partial charge in [-0.05, 0) is 24.5 Å². The van der Waals surface area contributed by atoms with Gasteiger partial charge in [-0.1, -0.05) is 18.2 Å². The van der Waals surface area contributed by atoms with Crippen LogP contribution in [0.2, 0.25) is 0 Å². The SMILES string of the molecule is NC1(C(=O)N2CCN(C(=O)Cc3ccccc3F)CC2)CC1. The maximum atomic E-state index is 13.6. The molecule has 118 valence electrons. The maximum Gasteiger partial charge on any atom is 0.242 e. The number of halogens is 1. The molecule has 1 aliphatic heterocycles. The minimum absolute atomic E-state index is 0.00583. The molecule has 1 saturated heterocycles. The number of carbonyl (C=O) groups excluding carboxylic acids is 2. The third-order valence-corrected chi connectivity index (χ3v) is 4.43. The summed E-state index contributed by atoms with van der Waals surface area (Å²) in [6, 6.07) is 6.31. The van der Waals surface area contributed by atoms with Crippen LogP contribution in [0.15, 0.2) is 24.3 Å². The third kappa shape index (κ3) is 2.97. The lowest BCUT2D eigenvalue weighted by atomic mass is 10.1. The number of piperazine rings is 1. The highest BCUT2D eigenvalue weighted by atomic mass is 19.1. The van der Waals surface area contributed by atoms with Gasteiger partial charge in [0.05, 0.1) is 12.0 Å². The molecule has 0 spiro atoms. The highest BCUT2D eigenvalue weighted by Gasteiger charge is 2.48. The van der Waals surface area contributed by atoms with E-state index in [4.69, 9.17) is 5.73 Å². The maximum absolute atomic E-state index is 13.6. The van der Waals surface area contributed by atoms with Gasteiger partial charge in [-0.3, -0.25) is 9.59 Å². The molecule has 2 N–H and O–H groups in total. The Balaban J connectivity index is 1.54. The Morgan fingerprint density at radius 1 is 1.09 bits per heavy atom. The summed E-state index contributed by atoms with van der Waals surface area (Å²) in [6.45, 7) is 1.96. The minimum Gasteiger partial charge on any atom is -0.339 e. The van der Waals surface area contributed by atoms with Gasteiger partial charge in [0.2, 0.25) is 11.8 Å². The summed E-state index contributed by atoms with van der Waals surface area (Å²) >= 11 is 0. The van der Waals surface area contributed by atoms with Crippen molar-refractivity contribution in [2.45, 2.75) is 24.8 Å². The highest BCUT2D eigenvalue weighted by molar-refractivity contribution is 5.89. The topological polar surface area (TPSA) is 66.6 Å².